The molecule has 1 aliphatic rings. The van der Waals surface area contributed by atoms with Gasteiger partial charge in [-0.1, -0.05) is 30.3 Å². The largest absolute Gasteiger partial charge is 0.488 e. The van der Waals surface area contributed by atoms with E-state index in [0.717, 1.165) is 11.1 Å². The fourth-order valence-electron chi connectivity index (χ4n) is 2.33. The van der Waals surface area contributed by atoms with Gasteiger partial charge in [-0.15, -0.1) is 0 Å². The molecule has 0 bridgehead atoms. The number of fused-ring (bicyclic) bond motifs is 2. The minimum atomic E-state index is -3.67. The van der Waals surface area contributed by atoms with Gasteiger partial charge in [-0.3, -0.25) is 9.35 Å². The molecular weight excluding hydrogens is 332 g/mol. The highest BCUT2D eigenvalue weighted by atomic mass is 32.2. The quantitative estimate of drug-likeness (QED) is 0.802. The van der Waals surface area contributed by atoms with Crippen LogP contribution in [0.2, 0.25) is 0 Å². The summed E-state index contributed by atoms with van der Waals surface area (Å²) < 4.78 is 31.6. The van der Waals surface area contributed by atoms with Crippen LogP contribution in [0.15, 0.2) is 42.5 Å². The normalized spacial score (nSPS) is 12.9. The number of rotatable bonds is 2. The van der Waals surface area contributed by atoms with Crippen LogP contribution in [-0.2, 0) is 23.1 Å². The van der Waals surface area contributed by atoms with Crippen LogP contribution in [0.4, 0.5) is 0 Å². The van der Waals surface area contributed by atoms with Crippen LogP contribution in [0.1, 0.15) is 27.0 Å². The number of hydrogen-bond donors (Lipinski definition) is 2. The van der Waals surface area contributed by atoms with Crippen molar-refractivity contribution in [2.24, 2.45) is 0 Å². The van der Waals surface area contributed by atoms with Crippen LogP contribution in [0.3, 0.4) is 0 Å². The van der Waals surface area contributed by atoms with Gasteiger partial charge in [0.2, 0.25) is 0 Å². The number of carbonyl (C=O) groups is 1. The van der Waals surface area contributed by atoms with Gasteiger partial charge in [-0.2, -0.15) is 8.42 Å². The Balaban J connectivity index is 0.000000368. The lowest BCUT2D eigenvalue weighted by atomic mass is 9.97. The molecule has 0 aliphatic carbocycles. The van der Waals surface area contributed by atoms with E-state index in [1.807, 2.05) is 42.5 Å². The fourth-order valence-corrected chi connectivity index (χ4v) is 2.33. The van der Waals surface area contributed by atoms with Gasteiger partial charge in [0, 0.05) is 17.7 Å². The van der Waals surface area contributed by atoms with Crippen molar-refractivity contribution in [3.05, 3.63) is 64.7 Å². The molecule has 7 heteroatoms. The summed E-state index contributed by atoms with van der Waals surface area (Å²) in [5.41, 5.74) is 3.13. The second kappa shape index (κ2) is 7.57. The highest BCUT2D eigenvalue weighted by Crippen LogP contribution is 2.29. The molecule has 2 aromatic rings. The lowest BCUT2D eigenvalue weighted by molar-refractivity contribution is 0.103. The van der Waals surface area contributed by atoms with Gasteiger partial charge in [0.15, 0.2) is 5.78 Å². The van der Waals surface area contributed by atoms with Crippen molar-refractivity contribution >= 4 is 15.9 Å². The first-order chi connectivity index (χ1) is 11.3. The lowest BCUT2D eigenvalue weighted by Crippen LogP contribution is -2.03. The fraction of sp³-hybridized carbons (Fsp3) is 0.235. The van der Waals surface area contributed by atoms with Gasteiger partial charge in [-0.05, 0) is 24.1 Å². The van der Waals surface area contributed by atoms with Gasteiger partial charge in [0.1, 0.15) is 12.4 Å². The molecule has 2 N–H and O–H groups in total. The SMILES string of the molecule is CS(=O)(=O)O.O=C1c2ccccc2COc2ccc(CCO)cc21. The van der Waals surface area contributed by atoms with E-state index in [0.29, 0.717) is 36.2 Å². The molecule has 0 atom stereocenters. The number of aliphatic hydroxyl groups is 1. The first kappa shape index (κ1) is 18.1. The van der Waals surface area contributed by atoms with Crippen LogP contribution >= 0.6 is 0 Å². The Morgan fingerprint density at radius 1 is 1.12 bits per heavy atom. The van der Waals surface area contributed by atoms with E-state index >= 15 is 0 Å². The van der Waals surface area contributed by atoms with Gasteiger partial charge < -0.3 is 9.84 Å². The molecule has 0 spiro atoms. The topological polar surface area (TPSA) is 101 Å². The van der Waals surface area contributed by atoms with Crippen molar-refractivity contribution in [2.45, 2.75) is 13.0 Å². The standard InChI is InChI=1S/C16H14O3.CH4O3S/c17-8-7-11-5-6-15-14(9-11)16(18)13-4-2-1-3-12(13)10-19-15;1-5(2,3)4/h1-6,9,17H,7-8,10H2;1H3,(H,2,3,4). The van der Waals surface area contributed by atoms with Crippen LogP contribution in [0.5, 0.6) is 5.75 Å². The van der Waals surface area contributed by atoms with Crippen LogP contribution in [0.25, 0.3) is 0 Å². The molecule has 0 amide bonds. The molecule has 0 radical (unpaired) electrons. The molecule has 0 aromatic heterocycles. The lowest BCUT2D eigenvalue weighted by Gasteiger charge is -2.07. The van der Waals surface area contributed by atoms with Crippen LogP contribution in [-0.4, -0.2) is 36.7 Å². The van der Waals surface area contributed by atoms with E-state index in [4.69, 9.17) is 14.4 Å². The summed E-state index contributed by atoms with van der Waals surface area (Å²) in [5, 5.41) is 8.99. The highest BCUT2D eigenvalue weighted by molar-refractivity contribution is 7.85. The van der Waals surface area contributed by atoms with E-state index in [2.05, 4.69) is 0 Å². The maximum atomic E-state index is 12.5. The summed E-state index contributed by atoms with van der Waals surface area (Å²) in [6, 6.07) is 13.0. The second-order valence-corrected chi connectivity index (χ2v) is 6.78. The maximum Gasteiger partial charge on any atom is 0.261 e. The maximum absolute atomic E-state index is 12.5. The zero-order chi connectivity index (χ0) is 17.7. The average molecular weight is 350 g/mol. The molecule has 24 heavy (non-hydrogen) atoms. The number of carbonyl (C=O) groups excluding carboxylic acids is 1. The van der Waals surface area contributed by atoms with E-state index in [-0.39, 0.29) is 12.4 Å². The molecule has 2 aromatic carbocycles. The third-order valence-electron chi connectivity index (χ3n) is 3.33. The van der Waals surface area contributed by atoms with Crippen molar-refractivity contribution in [1.82, 2.24) is 0 Å². The van der Waals surface area contributed by atoms with E-state index < -0.39 is 10.1 Å². The predicted octanol–water partition coefficient (Wildman–Crippen LogP) is 1.85. The number of ether oxygens (including phenoxy) is 1. The first-order valence-electron chi connectivity index (χ1n) is 7.21. The Bertz CT molecular complexity index is 834. The number of hydrogen-bond acceptors (Lipinski definition) is 5. The molecule has 0 fully saturated rings. The Morgan fingerprint density at radius 2 is 1.79 bits per heavy atom. The van der Waals surface area contributed by atoms with Crippen molar-refractivity contribution in [2.75, 3.05) is 12.9 Å². The molecule has 0 unspecified atom stereocenters. The minimum Gasteiger partial charge on any atom is -0.488 e. The van der Waals surface area contributed by atoms with Gasteiger partial charge in [0.05, 0.1) is 11.8 Å². The van der Waals surface area contributed by atoms with E-state index in [1.165, 1.54) is 0 Å². The molecule has 0 saturated carbocycles. The summed E-state index contributed by atoms with van der Waals surface area (Å²) in [6.45, 7) is 0.485. The Labute approximate surface area is 140 Å². The molecule has 0 saturated heterocycles. The number of benzene rings is 2. The van der Waals surface area contributed by atoms with E-state index in [1.54, 1.807) is 0 Å². The monoisotopic (exact) mass is 350 g/mol. The summed E-state index contributed by atoms with van der Waals surface area (Å²) in [7, 11) is -3.67. The summed E-state index contributed by atoms with van der Waals surface area (Å²) >= 11 is 0. The highest BCUT2D eigenvalue weighted by Gasteiger charge is 2.21. The van der Waals surface area contributed by atoms with Crippen molar-refractivity contribution in [3.63, 3.8) is 0 Å². The Kier molecular flexibility index (Phi) is 5.71. The molecule has 1 aliphatic heterocycles. The molecular formula is C17H18O6S. The molecule has 1 heterocycles. The predicted molar refractivity (Wildman–Crippen MR) is 88.9 cm³/mol. The third kappa shape index (κ3) is 4.89. The number of aliphatic hydroxyl groups excluding tert-OH is 1. The zero-order valence-electron chi connectivity index (χ0n) is 13.1. The van der Waals surface area contributed by atoms with E-state index in [9.17, 15) is 13.2 Å². The smallest absolute Gasteiger partial charge is 0.261 e. The van der Waals surface area contributed by atoms with Gasteiger partial charge in [-0.25, -0.2) is 0 Å². The van der Waals surface area contributed by atoms with Crippen LogP contribution < -0.4 is 4.74 Å². The number of ketones is 1. The molecule has 6 nitrogen and oxygen atoms in total. The average Bonchev–Trinajstić information content (AvgIpc) is 2.64. The zero-order valence-corrected chi connectivity index (χ0v) is 13.9. The Hall–Kier alpha value is -2.22. The minimum absolute atomic E-state index is 0.0112. The summed E-state index contributed by atoms with van der Waals surface area (Å²) in [5.74, 6) is 0.603. The van der Waals surface area contributed by atoms with Crippen LogP contribution in [0, 0.1) is 0 Å². The van der Waals surface area contributed by atoms with Gasteiger partial charge >= 0.3 is 0 Å². The van der Waals surface area contributed by atoms with Crippen molar-refractivity contribution in [1.29, 1.82) is 0 Å². The van der Waals surface area contributed by atoms with Crippen molar-refractivity contribution in [3.8, 4) is 5.75 Å². The first-order valence-corrected chi connectivity index (χ1v) is 9.06. The third-order valence-corrected chi connectivity index (χ3v) is 3.33. The summed E-state index contributed by atoms with van der Waals surface area (Å²) in [6.07, 6.45) is 1.26. The molecule has 3 rings (SSSR count). The summed E-state index contributed by atoms with van der Waals surface area (Å²) in [4.78, 5) is 12.5. The molecule has 128 valence electrons. The van der Waals surface area contributed by atoms with Gasteiger partial charge in [0.25, 0.3) is 10.1 Å². The Morgan fingerprint density at radius 3 is 2.46 bits per heavy atom. The van der Waals surface area contributed by atoms with Crippen molar-refractivity contribution < 1.29 is 27.6 Å². The second-order valence-electron chi connectivity index (χ2n) is 5.31.